The zero-order chi connectivity index (χ0) is 22.3. The molecular formula is C24H31NO5. The number of carboxylic acids is 1. The van der Waals surface area contributed by atoms with Gasteiger partial charge in [-0.15, -0.1) is 0 Å². The normalized spacial score (nSPS) is 12.5. The van der Waals surface area contributed by atoms with E-state index in [9.17, 15) is 24.9 Å². The van der Waals surface area contributed by atoms with Crippen molar-refractivity contribution in [2.24, 2.45) is 5.92 Å². The molecule has 0 aliphatic rings. The van der Waals surface area contributed by atoms with Crippen LogP contribution >= 0.6 is 0 Å². The molecule has 6 heteroatoms. The molecule has 30 heavy (non-hydrogen) atoms. The van der Waals surface area contributed by atoms with E-state index in [0.29, 0.717) is 19.3 Å². The molecule has 1 amide bonds. The molecule has 0 bridgehead atoms. The van der Waals surface area contributed by atoms with E-state index < -0.39 is 17.4 Å². The van der Waals surface area contributed by atoms with Crippen LogP contribution in [0.2, 0.25) is 0 Å². The Labute approximate surface area is 177 Å². The number of aliphatic carboxylic acids is 1. The molecule has 0 aliphatic heterocycles. The first-order valence-electron chi connectivity index (χ1n) is 10.2. The number of aromatic hydroxyl groups is 2. The number of carbonyl (C=O) groups is 2. The molecule has 0 saturated carbocycles. The number of amides is 1. The first-order valence-corrected chi connectivity index (χ1v) is 10.2. The van der Waals surface area contributed by atoms with E-state index in [1.54, 1.807) is 24.3 Å². The second-order valence-corrected chi connectivity index (χ2v) is 8.37. The van der Waals surface area contributed by atoms with Crippen LogP contribution in [0.4, 0.5) is 0 Å². The molecule has 4 N–H and O–H groups in total. The van der Waals surface area contributed by atoms with Gasteiger partial charge in [-0.1, -0.05) is 45.0 Å². The van der Waals surface area contributed by atoms with E-state index in [4.69, 9.17) is 0 Å². The summed E-state index contributed by atoms with van der Waals surface area (Å²) in [6.07, 6.45) is 1.80. The smallest absolute Gasteiger partial charge is 0.326 e. The van der Waals surface area contributed by atoms with Crippen LogP contribution in [0.5, 0.6) is 11.5 Å². The summed E-state index contributed by atoms with van der Waals surface area (Å²) in [5.41, 5.74) is 1.52. The number of phenolic OH excluding ortho intramolecular Hbond substituents is 2. The number of hydrogen-bond acceptors (Lipinski definition) is 4. The van der Waals surface area contributed by atoms with Gasteiger partial charge in [-0.25, -0.2) is 4.79 Å². The van der Waals surface area contributed by atoms with E-state index in [-0.39, 0.29) is 29.7 Å². The minimum Gasteiger partial charge on any atom is -0.508 e. The minimum atomic E-state index is -1.02. The quantitative estimate of drug-likeness (QED) is 0.467. The Hall–Kier alpha value is -3.02. The van der Waals surface area contributed by atoms with Crippen molar-refractivity contribution in [1.29, 1.82) is 0 Å². The molecule has 2 rings (SSSR count). The number of benzene rings is 2. The van der Waals surface area contributed by atoms with Crippen LogP contribution in [-0.4, -0.2) is 33.2 Å². The molecule has 162 valence electrons. The molecule has 2 aromatic rings. The lowest BCUT2D eigenvalue weighted by atomic mass is 9.72. The summed E-state index contributed by atoms with van der Waals surface area (Å²) in [5.74, 6) is -0.775. The molecule has 0 fully saturated rings. The first-order chi connectivity index (χ1) is 14.1. The lowest BCUT2D eigenvalue weighted by Gasteiger charge is -2.31. The van der Waals surface area contributed by atoms with Gasteiger partial charge in [0.1, 0.15) is 17.5 Å². The maximum Gasteiger partial charge on any atom is 0.326 e. The van der Waals surface area contributed by atoms with Crippen molar-refractivity contribution < 1.29 is 24.9 Å². The Bertz CT molecular complexity index is 797. The van der Waals surface area contributed by atoms with Gasteiger partial charge in [-0.2, -0.15) is 0 Å². The summed E-state index contributed by atoms with van der Waals surface area (Å²) < 4.78 is 0. The predicted molar refractivity (Wildman–Crippen MR) is 116 cm³/mol. The number of carboxylic acid groups (broad SMARTS) is 1. The number of rotatable bonds is 10. The van der Waals surface area contributed by atoms with Crippen molar-refractivity contribution >= 4 is 11.9 Å². The molecule has 6 nitrogen and oxygen atoms in total. The van der Waals surface area contributed by atoms with Crippen LogP contribution in [0, 0.1) is 5.92 Å². The van der Waals surface area contributed by atoms with Crippen LogP contribution in [-0.2, 0) is 15.0 Å². The largest absolute Gasteiger partial charge is 0.508 e. The lowest BCUT2D eigenvalue weighted by Crippen LogP contribution is -2.41. The molecule has 0 saturated heterocycles. The summed E-state index contributed by atoms with van der Waals surface area (Å²) in [6, 6.07) is 13.0. The highest BCUT2D eigenvalue weighted by molar-refractivity contribution is 5.83. The topological polar surface area (TPSA) is 107 Å². The summed E-state index contributed by atoms with van der Waals surface area (Å²) in [5, 5.41) is 31.2. The third kappa shape index (κ3) is 6.24. The molecule has 0 aromatic heterocycles. The van der Waals surface area contributed by atoms with Crippen LogP contribution in [0.3, 0.4) is 0 Å². The van der Waals surface area contributed by atoms with Gasteiger partial charge in [-0.05, 0) is 60.6 Å². The van der Waals surface area contributed by atoms with Gasteiger partial charge in [0.15, 0.2) is 0 Å². The van der Waals surface area contributed by atoms with Gasteiger partial charge in [0, 0.05) is 11.8 Å². The zero-order valence-corrected chi connectivity index (χ0v) is 17.8. The molecule has 2 aromatic carbocycles. The molecule has 1 atom stereocenters. The number of phenols is 2. The highest BCUT2D eigenvalue weighted by Gasteiger charge is 2.29. The van der Waals surface area contributed by atoms with E-state index in [0.717, 1.165) is 11.1 Å². The van der Waals surface area contributed by atoms with Crippen molar-refractivity contribution in [3.05, 3.63) is 59.7 Å². The Morgan fingerprint density at radius 1 is 0.933 bits per heavy atom. The van der Waals surface area contributed by atoms with Gasteiger partial charge in [0.25, 0.3) is 0 Å². The van der Waals surface area contributed by atoms with Gasteiger partial charge in [0.05, 0.1) is 0 Å². The fourth-order valence-corrected chi connectivity index (χ4v) is 3.68. The Morgan fingerprint density at radius 2 is 1.40 bits per heavy atom. The predicted octanol–water partition coefficient (Wildman–Crippen LogP) is 4.19. The Balaban J connectivity index is 2.11. The maximum atomic E-state index is 12.3. The SMILES string of the molecule is CC(C)C[C@H](NC(=O)CCCC(C)(c1ccc(O)cc1)c1ccc(O)cc1)C(=O)O. The minimum absolute atomic E-state index is 0.165. The molecule has 0 aliphatic carbocycles. The third-order valence-corrected chi connectivity index (χ3v) is 5.43. The highest BCUT2D eigenvalue weighted by atomic mass is 16.4. The highest BCUT2D eigenvalue weighted by Crippen LogP contribution is 2.38. The monoisotopic (exact) mass is 413 g/mol. The fourth-order valence-electron chi connectivity index (χ4n) is 3.68. The molecule has 0 spiro atoms. The molecular weight excluding hydrogens is 382 g/mol. The molecule has 0 heterocycles. The number of hydrogen-bond donors (Lipinski definition) is 4. The average molecular weight is 414 g/mol. The summed E-state index contributed by atoms with van der Waals surface area (Å²) in [6.45, 7) is 5.90. The first kappa shape index (κ1) is 23.3. The fraction of sp³-hybridized carbons (Fsp3) is 0.417. The van der Waals surface area contributed by atoms with E-state index >= 15 is 0 Å². The zero-order valence-electron chi connectivity index (χ0n) is 17.8. The van der Waals surface area contributed by atoms with Gasteiger partial charge in [-0.3, -0.25) is 4.79 Å². The number of nitrogens with one attached hydrogen (secondary N) is 1. The summed E-state index contributed by atoms with van der Waals surface area (Å²) >= 11 is 0. The lowest BCUT2D eigenvalue weighted by molar-refractivity contribution is -0.142. The van der Waals surface area contributed by atoms with Crippen molar-refractivity contribution in [1.82, 2.24) is 5.32 Å². The van der Waals surface area contributed by atoms with Crippen LogP contribution < -0.4 is 5.32 Å². The summed E-state index contributed by atoms with van der Waals surface area (Å²) in [7, 11) is 0. The number of carbonyl (C=O) groups excluding carboxylic acids is 1. The second kappa shape index (κ2) is 10.1. The van der Waals surface area contributed by atoms with Crippen LogP contribution in [0.1, 0.15) is 57.6 Å². The second-order valence-electron chi connectivity index (χ2n) is 8.37. The van der Waals surface area contributed by atoms with Crippen LogP contribution in [0.15, 0.2) is 48.5 Å². The average Bonchev–Trinajstić information content (AvgIpc) is 2.68. The third-order valence-electron chi connectivity index (χ3n) is 5.43. The standard InChI is InChI=1S/C24H31NO5/c1-16(2)15-21(23(29)30)25-22(28)5-4-14-24(3,17-6-10-19(26)11-7-17)18-8-12-20(27)13-9-18/h6-13,16,21,26-27H,4-5,14-15H2,1-3H3,(H,25,28)(H,29,30)/t21-/m0/s1. The van der Waals surface area contributed by atoms with Gasteiger partial charge < -0.3 is 20.6 Å². The van der Waals surface area contributed by atoms with Crippen molar-refractivity contribution in [2.45, 2.75) is 57.9 Å². The van der Waals surface area contributed by atoms with E-state index in [1.807, 2.05) is 38.1 Å². The van der Waals surface area contributed by atoms with E-state index in [2.05, 4.69) is 12.2 Å². The molecule has 0 radical (unpaired) electrons. The van der Waals surface area contributed by atoms with Crippen LogP contribution in [0.25, 0.3) is 0 Å². The van der Waals surface area contributed by atoms with Gasteiger partial charge in [0.2, 0.25) is 5.91 Å². The van der Waals surface area contributed by atoms with Crippen molar-refractivity contribution in [3.8, 4) is 11.5 Å². The maximum absolute atomic E-state index is 12.3. The Kier molecular flexibility index (Phi) is 7.86. The van der Waals surface area contributed by atoms with E-state index in [1.165, 1.54) is 0 Å². The van der Waals surface area contributed by atoms with Gasteiger partial charge >= 0.3 is 5.97 Å². The van der Waals surface area contributed by atoms with Crippen molar-refractivity contribution in [3.63, 3.8) is 0 Å². The molecule has 0 unspecified atom stereocenters. The summed E-state index contributed by atoms with van der Waals surface area (Å²) in [4.78, 5) is 23.7. The Morgan fingerprint density at radius 3 is 1.80 bits per heavy atom. The van der Waals surface area contributed by atoms with Crippen molar-refractivity contribution in [2.75, 3.05) is 0 Å².